The number of nitrogens with zero attached hydrogens (tertiary/aromatic N) is 1. The molecular weight excluding hydrogens is 414 g/mol. The van der Waals surface area contributed by atoms with Crippen LogP contribution in [0.4, 0.5) is 5.69 Å². The molecule has 0 atom stereocenters. The van der Waals surface area contributed by atoms with Gasteiger partial charge in [0.25, 0.3) is 5.91 Å². The van der Waals surface area contributed by atoms with E-state index in [-0.39, 0.29) is 11.0 Å². The van der Waals surface area contributed by atoms with E-state index in [1.54, 1.807) is 24.4 Å². The second-order valence-electron chi connectivity index (χ2n) is 5.36. The topological polar surface area (TPSA) is 63.2 Å². The summed E-state index contributed by atoms with van der Waals surface area (Å²) in [5.74, 6) is 0.387. The van der Waals surface area contributed by atoms with Crippen molar-refractivity contribution in [2.45, 2.75) is 6.92 Å². The minimum Gasteiger partial charge on any atom is -0.493 e. The first-order valence-electron chi connectivity index (χ1n) is 7.97. The second kappa shape index (κ2) is 8.25. The molecule has 0 saturated heterocycles. The van der Waals surface area contributed by atoms with E-state index in [1.807, 2.05) is 37.3 Å². The van der Waals surface area contributed by atoms with Gasteiger partial charge in [0.05, 0.1) is 16.6 Å². The van der Waals surface area contributed by atoms with Crippen LogP contribution in [0.2, 0.25) is 0 Å². The van der Waals surface area contributed by atoms with Crippen LogP contribution in [0.3, 0.4) is 0 Å². The number of rotatable bonds is 4. The molecule has 26 heavy (non-hydrogen) atoms. The zero-order chi connectivity index (χ0) is 18.5. The highest BCUT2D eigenvalue weighted by atomic mass is 79.9. The molecule has 132 valence electrons. The smallest absolute Gasteiger partial charge is 0.257 e. The number of nitrogens with one attached hydrogen (secondary N) is 2. The van der Waals surface area contributed by atoms with Crippen LogP contribution in [0.5, 0.6) is 5.75 Å². The Balaban J connectivity index is 1.71. The van der Waals surface area contributed by atoms with Crippen molar-refractivity contribution in [3.05, 3.63) is 64.8 Å². The summed E-state index contributed by atoms with van der Waals surface area (Å²) in [5.41, 5.74) is 2.11. The highest BCUT2D eigenvalue weighted by Crippen LogP contribution is 2.26. The molecule has 0 aliphatic heterocycles. The summed E-state index contributed by atoms with van der Waals surface area (Å²) in [5, 5.41) is 6.89. The molecule has 3 rings (SSSR count). The van der Waals surface area contributed by atoms with Gasteiger partial charge in [0.1, 0.15) is 5.75 Å². The van der Waals surface area contributed by atoms with Crippen molar-refractivity contribution >= 4 is 55.8 Å². The molecule has 5 nitrogen and oxygen atoms in total. The molecule has 2 aromatic carbocycles. The van der Waals surface area contributed by atoms with Gasteiger partial charge in [-0.25, -0.2) is 0 Å². The number of aromatic nitrogens is 1. The summed E-state index contributed by atoms with van der Waals surface area (Å²) in [4.78, 5) is 16.7. The van der Waals surface area contributed by atoms with Crippen LogP contribution in [0.15, 0.2) is 59.2 Å². The van der Waals surface area contributed by atoms with Gasteiger partial charge in [0.2, 0.25) is 0 Å². The standard InChI is InChI=1S/C19H16BrN3O2S/c1-2-25-17-9-8-12(11-14(17)20)18(24)23-19(26)22-16-7-3-6-15-13(16)5-4-10-21-15/h3-11H,2H2,1H3,(H2,22,23,24,26). The molecule has 0 aliphatic carbocycles. The number of pyridine rings is 1. The summed E-state index contributed by atoms with van der Waals surface area (Å²) in [6, 6.07) is 14.6. The molecule has 7 heteroatoms. The molecule has 0 spiro atoms. The molecular formula is C19H16BrN3O2S. The first-order valence-corrected chi connectivity index (χ1v) is 9.17. The van der Waals surface area contributed by atoms with E-state index >= 15 is 0 Å². The van der Waals surface area contributed by atoms with Crippen molar-refractivity contribution in [2.24, 2.45) is 0 Å². The van der Waals surface area contributed by atoms with Gasteiger partial charge >= 0.3 is 0 Å². The highest BCUT2D eigenvalue weighted by Gasteiger charge is 2.11. The number of carbonyl (C=O) groups excluding carboxylic acids is 1. The average Bonchev–Trinajstić information content (AvgIpc) is 2.63. The van der Waals surface area contributed by atoms with Crippen LogP contribution >= 0.6 is 28.1 Å². The Morgan fingerprint density at radius 3 is 2.85 bits per heavy atom. The molecule has 0 fully saturated rings. The van der Waals surface area contributed by atoms with Crippen LogP contribution in [0.1, 0.15) is 17.3 Å². The molecule has 0 aliphatic rings. The molecule has 0 unspecified atom stereocenters. The number of hydrogen-bond acceptors (Lipinski definition) is 4. The average molecular weight is 430 g/mol. The lowest BCUT2D eigenvalue weighted by molar-refractivity contribution is 0.0977. The maximum Gasteiger partial charge on any atom is 0.257 e. The minimum absolute atomic E-state index is 0.219. The van der Waals surface area contributed by atoms with Crippen LogP contribution in [0.25, 0.3) is 10.9 Å². The fourth-order valence-corrected chi connectivity index (χ4v) is 3.15. The second-order valence-corrected chi connectivity index (χ2v) is 6.62. The minimum atomic E-state index is -0.301. The largest absolute Gasteiger partial charge is 0.493 e. The monoisotopic (exact) mass is 429 g/mol. The fraction of sp³-hybridized carbons (Fsp3) is 0.105. The number of benzene rings is 2. The Bertz CT molecular complexity index is 973. The van der Waals surface area contributed by atoms with E-state index in [4.69, 9.17) is 17.0 Å². The zero-order valence-corrected chi connectivity index (χ0v) is 16.4. The van der Waals surface area contributed by atoms with Gasteiger partial charge in [-0.1, -0.05) is 6.07 Å². The Labute approximate surface area is 164 Å². The van der Waals surface area contributed by atoms with Crippen LogP contribution in [-0.4, -0.2) is 22.6 Å². The Hall–Kier alpha value is -2.51. The van der Waals surface area contributed by atoms with E-state index in [0.717, 1.165) is 16.6 Å². The summed E-state index contributed by atoms with van der Waals surface area (Å²) in [6.45, 7) is 2.46. The SMILES string of the molecule is CCOc1ccc(C(=O)NC(=S)Nc2cccc3ncccc23)cc1Br. The van der Waals surface area contributed by atoms with E-state index in [9.17, 15) is 4.79 Å². The zero-order valence-electron chi connectivity index (χ0n) is 14.0. The van der Waals surface area contributed by atoms with Crippen molar-refractivity contribution in [3.8, 4) is 5.75 Å². The van der Waals surface area contributed by atoms with Crippen LogP contribution < -0.4 is 15.4 Å². The molecule has 0 radical (unpaired) electrons. The van der Waals surface area contributed by atoms with Crippen LogP contribution in [0, 0.1) is 0 Å². The van der Waals surface area contributed by atoms with Gasteiger partial charge in [-0.3, -0.25) is 15.1 Å². The van der Waals surface area contributed by atoms with Crippen molar-refractivity contribution < 1.29 is 9.53 Å². The summed E-state index contributed by atoms with van der Waals surface area (Å²) >= 11 is 8.68. The van der Waals surface area contributed by atoms with Gasteiger partial charge < -0.3 is 10.1 Å². The van der Waals surface area contributed by atoms with E-state index in [1.165, 1.54) is 0 Å². The lowest BCUT2D eigenvalue weighted by atomic mass is 10.2. The first kappa shape index (κ1) is 18.3. The van der Waals surface area contributed by atoms with Crippen molar-refractivity contribution in [2.75, 3.05) is 11.9 Å². The third-order valence-corrected chi connectivity index (χ3v) is 4.44. The van der Waals surface area contributed by atoms with E-state index in [2.05, 4.69) is 31.5 Å². The van der Waals surface area contributed by atoms with E-state index in [0.29, 0.717) is 22.4 Å². The summed E-state index contributed by atoms with van der Waals surface area (Å²) < 4.78 is 6.16. The number of amides is 1. The van der Waals surface area contributed by atoms with Gasteiger partial charge in [-0.05, 0) is 77.5 Å². The van der Waals surface area contributed by atoms with E-state index < -0.39 is 0 Å². The predicted octanol–water partition coefficient (Wildman–Crippen LogP) is 4.52. The third kappa shape index (κ3) is 4.17. The maximum absolute atomic E-state index is 12.4. The molecule has 0 bridgehead atoms. The molecule has 2 N–H and O–H groups in total. The lowest BCUT2D eigenvalue weighted by Gasteiger charge is -2.12. The molecule has 1 aromatic heterocycles. The summed E-state index contributed by atoms with van der Waals surface area (Å²) in [7, 11) is 0. The van der Waals surface area contributed by atoms with Crippen LogP contribution in [-0.2, 0) is 0 Å². The quantitative estimate of drug-likeness (QED) is 0.596. The molecule has 1 amide bonds. The molecule has 3 aromatic rings. The molecule has 0 saturated carbocycles. The third-order valence-electron chi connectivity index (χ3n) is 3.61. The predicted molar refractivity (Wildman–Crippen MR) is 111 cm³/mol. The maximum atomic E-state index is 12.4. The fourth-order valence-electron chi connectivity index (χ4n) is 2.46. The normalized spacial score (nSPS) is 10.4. The number of halogens is 1. The Kier molecular flexibility index (Phi) is 5.80. The van der Waals surface area contributed by atoms with Crippen molar-refractivity contribution in [1.29, 1.82) is 0 Å². The number of thiocarbonyl (C=S) groups is 1. The highest BCUT2D eigenvalue weighted by molar-refractivity contribution is 9.10. The number of hydrogen-bond donors (Lipinski definition) is 2. The number of ether oxygens (including phenoxy) is 1. The van der Waals surface area contributed by atoms with Gasteiger partial charge in [-0.2, -0.15) is 0 Å². The van der Waals surface area contributed by atoms with Gasteiger partial charge in [0, 0.05) is 22.8 Å². The number of anilines is 1. The first-order chi connectivity index (χ1) is 12.6. The Morgan fingerprint density at radius 2 is 2.08 bits per heavy atom. The Morgan fingerprint density at radius 1 is 1.23 bits per heavy atom. The van der Waals surface area contributed by atoms with Crippen molar-refractivity contribution in [3.63, 3.8) is 0 Å². The van der Waals surface area contributed by atoms with Crippen molar-refractivity contribution in [1.82, 2.24) is 10.3 Å². The van der Waals surface area contributed by atoms with Gasteiger partial charge in [0.15, 0.2) is 5.11 Å². The molecule has 1 heterocycles. The number of fused-ring (bicyclic) bond motifs is 1. The lowest BCUT2D eigenvalue weighted by Crippen LogP contribution is -2.34. The summed E-state index contributed by atoms with van der Waals surface area (Å²) in [6.07, 6.45) is 1.73. The van der Waals surface area contributed by atoms with Gasteiger partial charge in [-0.15, -0.1) is 0 Å². The number of carbonyl (C=O) groups is 1.